The van der Waals surface area contributed by atoms with Gasteiger partial charge in [0.05, 0.1) is 28.7 Å². The van der Waals surface area contributed by atoms with Crippen molar-refractivity contribution in [3.63, 3.8) is 0 Å². The van der Waals surface area contributed by atoms with Gasteiger partial charge in [0.25, 0.3) is 5.91 Å². The van der Waals surface area contributed by atoms with Crippen molar-refractivity contribution in [2.24, 2.45) is 4.99 Å². The molecular weight excluding hydrogens is 522 g/mol. The van der Waals surface area contributed by atoms with Crippen LogP contribution in [0.4, 0.5) is 0 Å². The van der Waals surface area contributed by atoms with E-state index in [1.165, 1.54) is 16.1 Å². The van der Waals surface area contributed by atoms with Crippen molar-refractivity contribution in [3.05, 3.63) is 71.3 Å². The summed E-state index contributed by atoms with van der Waals surface area (Å²) < 4.78 is 35.0. The number of benzene rings is 2. The van der Waals surface area contributed by atoms with E-state index in [0.29, 0.717) is 66.3 Å². The van der Waals surface area contributed by atoms with Crippen molar-refractivity contribution in [1.29, 1.82) is 0 Å². The number of nitrogens with zero attached hydrogens (tertiary/aromatic N) is 5. The van der Waals surface area contributed by atoms with E-state index in [1.807, 2.05) is 56.4 Å². The summed E-state index contributed by atoms with van der Waals surface area (Å²) in [5.74, 6) is -0.298. The Hall–Kier alpha value is -3.25. The summed E-state index contributed by atoms with van der Waals surface area (Å²) >= 11 is 1.34. The van der Waals surface area contributed by atoms with Crippen LogP contribution in [-0.4, -0.2) is 77.9 Å². The third-order valence-electron chi connectivity index (χ3n) is 6.39. The van der Waals surface area contributed by atoms with Gasteiger partial charge in [0.15, 0.2) is 5.17 Å². The minimum absolute atomic E-state index is 0.204. The van der Waals surface area contributed by atoms with Gasteiger partial charge in [-0.3, -0.25) is 4.79 Å². The van der Waals surface area contributed by atoms with E-state index >= 15 is 0 Å². The van der Waals surface area contributed by atoms with Gasteiger partial charge in [0, 0.05) is 43.5 Å². The third-order valence-corrected chi connectivity index (χ3v) is 9.48. The smallest absolute Gasteiger partial charge is 0.286 e. The Kier molecular flexibility index (Phi) is 7.80. The number of hydrogen-bond donors (Lipinski definition) is 0. The number of thioether (sulfide) groups is 1. The van der Waals surface area contributed by atoms with Crippen LogP contribution >= 0.6 is 11.8 Å². The number of carbonyl (C=O) groups excluding carboxylic acids is 1. The van der Waals surface area contributed by atoms with Crippen LogP contribution in [0.5, 0.6) is 0 Å². The highest BCUT2D eigenvalue weighted by atomic mass is 32.2. The zero-order chi connectivity index (χ0) is 26.7. The number of amidine groups is 1. The highest BCUT2D eigenvalue weighted by molar-refractivity contribution is 8.18. The summed E-state index contributed by atoms with van der Waals surface area (Å²) in [6.07, 6.45) is 3.64. The summed E-state index contributed by atoms with van der Waals surface area (Å²) in [5, 5.41) is 5.49. The first-order valence-electron chi connectivity index (χ1n) is 12.5. The number of sulfonamides is 1. The zero-order valence-electron chi connectivity index (χ0n) is 21.3. The van der Waals surface area contributed by atoms with Gasteiger partial charge in [-0.2, -0.15) is 14.4 Å². The summed E-state index contributed by atoms with van der Waals surface area (Å²) in [6, 6.07) is 16.4. The Morgan fingerprint density at radius 2 is 1.79 bits per heavy atom. The molecule has 1 amide bonds. The predicted octanol–water partition coefficient (Wildman–Crippen LogP) is 3.87. The second kappa shape index (κ2) is 11.2. The number of aliphatic imine (C=N–C) groups is 1. The number of aromatic nitrogens is 2. The number of ether oxygens (including phenoxy) is 1. The van der Waals surface area contributed by atoms with Gasteiger partial charge in [0.1, 0.15) is 5.69 Å². The number of amides is 1. The van der Waals surface area contributed by atoms with Gasteiger partial charge in [-0.1, -0.05) is 44.2 Å². The van der Waals surface area contributed by atoms with Crippen molar-refractivity contribution in [2.75, 3.05) is 39.4 Å². The van der Waals surface area contributed by atoms with Crippen LogP contribution < -0.4 is 0 Å². The molecule has 11 heteroatoms. The normalized spacial score (nSPS) is 17.4. The summed E-state index contributed by atoms with van der Waals surface area (Å²) in [5.41, 5.74) is 2.76. The molecule has 3 aromatic rings. The Balaban J connectivity index is 1.55. The minimum Gasteiger partial charge on any atom is -0.378 e. The molecule has 0 atom stereocenters. The van der Waals surface area contributed by atoms with Gasteiger partial charge in [-0.15, -0.1) is 0 Å². The molecule has 1 saturated heterocycles. The molecule has 198 valence electrons. The van der Waals surface area contributed by atoms with Crippen molar-refractivity contribution < 1.29 is 17.9 Å². The molecule has 3 heterocycles. The molecule has 0 N–H and O–H groups in total. The van der Waals surface area contributed by atoms with Crippen LogP contribution in [0.1, 0.15) is 19.4 Å². The standard InChI is InChI=1S/C27H29N5O4S2/c1-3-31(4-2)38(34,35)23-12-8-9-20(17-23)25-21(19-32(29-25)22-10-6-5-7-11-22)18-24-26(33)28-27(37-24)30-13-15-36-16-14-30/h5-12,17-19H,3-4,13-16H2,1-2H3. The van der Waals surface area contributed by atoms with E-state index in [0.717, 1.165) is 5.69 Å². The monoisotopic (exact) mass is 551 g/mol. The van der Waals surface area contributed by atoms with Crippen LogP contribution in [-0.2, 0) is 19.6 Å². The quantitative estimate of drug-likeness (QED) is 0.411. The maximum atomic E-state index is 13.2. The van der Waals surface area contributed by atoms with Gasteiger partial charge < -0.3 is 9.64 Å². The zero-order valence-corrected chi connectivity index (χ0v) is 22.9. The SMILES string of the molecule is CCN(CC)S(=O)(=O)c1cccc(-c2nn(-c3ccccc3)cc2C=C2SC(N3CCOCC3)=NC2=O)c1. The molecule has 38 heavy (non-hydrogen) atoms. The number of hydrogen-bond acceptors (Lipinski definition) is 7. The molecule has 0 unspecified atom stereocenters. The van der Waals surface area contributed by atoms with Crippen LogP contribution in [0.3, 0.4) is 0 Å². The van der Waals surface area contributed by atoms with E-state index in [1.54, 1.807) is 29.0 Å². The highest BCUT2D eigenvalue weighted by Gasteiger charge is 2.28. The molecule has 0 saturated carbocycles. The fourth-order valence-corrected chi connectivity index (χ4v) is 6.84. The third kappa shape index (κ3) is 5.32. The van der Waals surface area contributed by atoms with Crippen LogP contribution in [0.2, 0.25) is 0 Å². The fourth-order valence-electron chi connectivity index (χ4n) is 4.38. The molecule has 0 radical (unpaired) electrons. The fraction of sp³-hybridized carbons (Fsp3) is 0.296. The maximum Gasteiger partial charge on any atom is 0.286 e. The van der Waals surface area contributed by atoms with Gasteiger partial charge in [-0.25, -0.2) is 13.1 Å². The lowest BCUT2D eigenvalue weighted by Gasteiger charge is -2.27. The summed E-state index contributed by atoms with van der Waals surface area (Å²) in [6.45, 7) is 7.00. The van der Waals surface area contributed by atoms with Crippen LogP contribution in [0.15, 0.2) is 75.6 Å². The van der Waals surface area contributed by atoms with Gasteiger partial charge in [0.2, 0.25) is 10.0 Å². The second-order valence-electron chi connectivity index (χ2n) is 8.74. The topological polar surface area (TPSA) is 97.1 Å². The van der Waals surface area contributed by atoms with Crippen molar-refractivity contribution in [3.8, 4) is 16.9 Å². The van der Waals surface area contributed by atoms with Crippen molar-refractivity contribution in [2.45, 2.75) is 18.7 Å². The molecule has 0 aliphatic carbocycles. The van der Waals surface area contributed by atoms with Crippen LogP contribution in [0.25, 0.3) is 23.0 Å². The number of morpholine rings is 1. The average Bonchev–Trinajstić information content (AvgIpc) is 3.54. The lowest BCUT2D eigenvalue weighted by atomic mass is 10.1. The molecule has 2 aliphatic rings. The Labute approximate surface area is 226 Å². The summed E-state index contributed by atoms with van der Waals surface area (Å²) in [7, 11) is -3.65. The first kappa shape index (κ1) is 26.4. The molecule has 0 spiro atoms. The largest absolute Gasteiger partial charge is 0.378 e. The molecular formula is C27H29N5O4S2. The van der Waals surface area contributed by atoms with E-state index in [9.17, 15) is 13.2 Å². The second-order valence-corrected chi connectivity index (χ2v) is 11.7. The minimum atomic E-state index is -3.65. The average molecular weight is 552 g/mol. The first-order valence-corrected chi connectivity index (χ1v) is 14.8. The molecule has 1 fully saturated rings. The van der Waals surface area contributed by atoms with E-state index < -0.39 is 10.0 Å². The van der Waals surface area contributed by atoms with E-state index in [2.05, 4.69) is 9.89 Å². The maximum absolute atomic E-state index is 13.2. The predicted molar refractivity (Wildman–Crippen MR) is 150 cm³/mol. The number of carbonyl (C=O) groups is 1. The van der Waals surface area contributed by atoms with Gasteiger partial charge in [-0.05, 0) is 42.1 Å². The lowest BCUT2D eigenvalue weighted by Crippen LogP contribution is -2.38. The van der Waals surface area contributed by atoms with Gasteiger partial charge >= 0.3 is 0 Å². The molecule has 9 nitrogen and oxygen atoms in total. The van der Waals surface area contributed by atoms with E-state index in [-0.39, 0.29) is 10.8 Å². The molecule has 5 rings (SSSR count). The van der Waals surface area contributed by atoms with E-state index in [4.69, 9.17) is 9.84 Å². The highest BCUT2D eigenvalue weighted by Crippen LogP contribution is 2.34. The number of rotatable bonds is 7. The Morgan fingerprint density at radius 1 is 1.05 bits per heavy atom. The molecule has 0 bridgehead atoms. The van der Waals surface area contributed by atoms with Crippen molar-refractivity contribution >= 4 is 38.9 Å². The van der Waals surface area contributed by atoms with Crippen LogP contribution in [0, 0.1) is 0 Å². The lowest BCUT2D eigenvalue weighted by molar-refractivity contribution is -0.113. The Morgan fingerprint density at radius 3 is 2.50 bits per heavy atom. The van der Waals surface area contributed by atoms with Crippen molar-refractivity contribution in [1.82, 2.24) is 19.0 Å². The molecule has 2 aliphatic heterocycles. The molecule has 1 aromatic heterocycles. The Bertz CT molecular complexity index is 1490. The molecule has 2 aromatic carbocycles. The summed E-state index contributed by atoms with van der Waals surface area (Å²) in [4.78, 5) is 19.9. The first-order chi connectivity index (χ1) is 18.4. The number of para-hydroxylation sites is 1.